The van der Waals surface area contributed by atoms with Gasteiger partial charge in [-0.25, -0.2) is 13.1 Å². The minimum Gasteiger partial charge on any atom is -0.326 e. The van der Waals surface area contributed by atoms with Crippen LogP contribution in [0.3, 0.4) is 0 Å². The van der Waals surface area contributed by atoms with Crippen LogP contribution >= 0.6 is 11.6 Å². The summed E-state index contributed by atoms with van der Waals surface area (Å²) in [6.45, 7) is 6.90. The maximum Gasteiger partial charge on any atom is 0.242 e. The second-order valence-corrected chi connectivity index (χ2v) is 7.82. The molecular formula is C13H21ClN2O2S. The minimum atomic E-state index is -3.56. The summed E-state index contributed by atoms with van der Waals surface area (Å²) < 4.78 is 26.8. The number of sulfonamides is 1. The van der Waals surface area contributed by atoms with Crippen LogP contribution in [0.15, 0.2) is 23.1 Å². The van der Waals surface area contributed by atoms with E-state index in [4.69, 9.17) is 17.3 Å². The Balaban J connectivity index is 2.83. The van der Waals surface area contributed by atoms with Crippen molar-refractivity contribution in [2.75, 3.05) is 6.54 Å². The van der Waals surface area contributed by atoms with Crippen molar-refractivity contribution >= 4 is 21.6 Å². The number of benzene rings is 1. The molecule has 0 atom stereocenters. The summed E-state index contributed by atoms with van der Waals surface area (Å²) in [5.41, 5.74) is 6.37. The maximum atomic E-state index is 12.1. The summed E-state index contributed by atoms with van der Waals surface area (Å²) in [6.07, 6.45) is 0.755. The zero-order chi connectivity index (χ0) is 14.7. The van der Waals surface area contributed by atoms with Gasteiger partial charge in [0.15, 0.2) is 0 Å². The molecule has 0 aromatic heterocycles. The number of rotatable bonds is 5. The molecule has 0 radical (unpaired) electrons. The van der Waals surface area contributed by atoms with Gasteiger partial charge in [-0.05, 0) is 29.5 Å². The van der Waals surface area contributed by atoms with E-state index in [1.165, 1.54) is 6.07 Å². The number of nitrogens with one attached hydrogen (secondary N) is 1. The average molecular weight is 305 g/mol. The predicted octanol–water partition coefficient (Wildman–Crippen LogP) is 2.51. The summed E-state index contributed by atoms with van der Waals surface area (Å²) in [4.78, 5) is 0.0975. The highest BCUT2D eigenvalue weighted by Crippen LogP contribution is 2.23. The maximum absolute atomic E-state index is 12.1. The van der Waals surface area contributed by atoms with E-state index in [9.17, 15) is 8.42 Å². The third-order valence-electron chi connectivity index (χ3n) is 2.69. The van der Waals surface area contributed by atoms with Crippen molar-refractivity contribution in [2.24, 2.45) is 11.1 Å². The van der Waals surface area contributed by atoms with Crippen molar-refractivity contribution in [2.45, 2.75) is 38.6 Å². The molecule has 1 aromatic carbocycles. The topological polar surface area (TPSA) is 72.2 Å². The summed E-state index contributed by atoms with van der Waals surface area (Å²) in [7, 11) is -3.56. The lowest BCUT2D eigenvalue weighted by Crippen LogP contribution is -2.27. The average Bonchev–Trinajstić information content (AvgIpc) is 2.26. The number of nitrogens with two attached hydrogens (primary N) is 1. The smallest absolute Gasteiger partial charge is 0.242 e. The van der Waals surface area contributed by atoms with Crippen LogP contribution in [-0.4, -0.2) is 15.0 Å². The van der Waals surface area contributed by atoms with Gasteiger partial charge in [0.1, 0.15) is 4.90 Å². The van der Waals surface area contributed by atoms with Gasteiger partial charge in [0.25, 0.3) is 0 Å². The standard InChI is InChI=1S/C13H21ClN2O2S/c1-13(2,3)6-7-16-19(17,18)12-5-4-10(9-15)8-11(12)14/h4-5,8,16H,6-7,9,15H2,1-3H3. The fraction of sp³-hybridized carbons (Fsp3) is 0.538. The first-order valence-corrected chi connectivity index (χ1v) is 8.00. The molecule has 0 fully saturated rings. The van der Waals surface area contributed by atoms with Crippen LogP contribution in [0.5, 0.6) is 0 Å². The van der Waals surface area contributed by atoms with Crippen LogP contribution in [0.1, 0.15) is 32.8 Å². The normalized spacial score (nSPS) is 12.7. The number of hydrogen-bond acceptors (Lipinski definition) is 3. The van der Waals surface area contributed by atoms with E-state index in [0.717, 1.165) is 12.0 Å². The van der Waals surface area contributed by atoms with Crippen molar-refractivity contribution in [3.05, 3.63) is 28.8 Å². The Labute approximate surface area is 120 Å². The monoisotopic (exact) mass is 304 g/mol. The number of hydrogen-bond donors (Lipinski definition) is 2. The molecule has 4 nitrogen and oxygen atoms in total. The van der Waals surface area contributed by atoms with E-state index in [1.807, 2.05) is 0 Å². The van der Waals surface area contributed by atoms with Crippen LogP contribution in [0.4, 0.5) is 0 Å². The van der Waals surface area contributed by atoms with E-state index in [1.54, 1.807) is 12.1 Å². The van der Waals surface area contributed by atoms with Gasteiger partial charge in [-0.1, -0.05) is 38.4 Å². The largest absolute Gasteiger partial charge is 0.326 e. The van der Waals surface area contributed by atoms with Gasteiger partial charge in [0.05, 0.1) is 5.02 Å². The third kappa shape index (κ3) is 5.10. The van der Waals surface area contributed by atoms with Crippen LogP contribution in [0.25, 0.3) is 0 Å². The zero-order valence-corrected chi connectivity index (χ0v) is 13.1. The Kier molecular flexibility index (Phi) is 5.38. The molecule has 0 heterocycles. The SMILES string of the molecule is CC(C)(C)CCNS(=O)(=O)c1ccc(CN)cc1Cl. The van der Waals surface area contributed by atoms with Gasteiger partial charge in [-0.3, -0.25) is 0 Å². The molecule has 1 aromatic rings. The van der Waals surface area contributed by atoms with Gasteiger partial charge in [0.2, 0.25) is 10.0 Å². The summed E-state index contributed by atoms with van der Waals surface area (Å²) in [5.74, 6) is 0. The van der Waals surface area contributed by atoms with Gasteiger partial charge in [-0.15, -0.1) is 0 Å². The van der Waals surface area contributed by atoms with Crippen LogP contribution < -0.4 is 10.5 Å². The van der Waals surface area contributed by atoms with Gasteiger partial charge in [0, 0.05) is 13.1 Å². The molecule has 0 saturated heterocycles. The molecule has 0 unspecified atom stereocenters. The van der Waals surface area contributed by atoms with Crippen LogP contribution in [0.2, 0.25) is 5.02 Å². The molecule has 0 aliphatic heterocycles. The summed E-state index contributed by atoms with van der Waals surface area (Å²) >= 11 is 5.99. The Bertz CT molecular complexity index is 536. The van der Waals surface area contributed by atoms with Crippen LogP contribution in [-0.2, 0) is 16.6 Å². The molecule has 0 saturated carbocycles. The Morgan fingerprint density at radius 2 is 1.95 bits per heavy atom. The first-order valence-electron chi connectivity index (χ1n) is 6.14. The molecule has 0 aliphatic carbocycles. The lowest BCUT2D eigenvalue weighted by Gasteiger charge is -2.18. The lowest BCUT2D eigenvalue weighted by molar-refractivity contribution is 0.378. The molecule has 0 aliphatic rings. The third-order valence-corrected chi connectivity index (χ3v) is 4.63. The van der Waals surface area contributed by atoms with E-state index >= 15 is 0 Å². The van der Waals surface area contributed by atoms with E-state index in [-0.39, 0.29) is 15.3 Å². The second kappa shape index (κ2) is 6.22. The van der Waals surface area contributed by atoms with Crippen LogP contribution in [0, 0.1) is 5.41 Å². The van der Waals surface area contributed by atoms with Gasteiger partial charge in [-0.2, -0.15) is 0 Å². The van der Waals surface area contributed by atoms with Crippen molar-refractivity contribution in [1.29, 1.82) is 0 Å². The van der Waals surface area contributed by atoms with E-state index in [2.05, 4.69) is 25.5 Å². The van der Waals surface area contributed by atoms with Crippen molar-refractivity contribution < 1.29 is 8.42 Å². The highest BCUT2D eigenvalue weighted by atomic mass is 35.5. The second-order valence-electron chi connectivity index (χ2n) is 5.68. The molecule has 3 N–H and O–H groups in total. The van der Waals surface area contributed by atoms with Crippen molar-refractivity contribution in [3.8, 4) is 0 Å². The molecular weight excluding hydrogens is 284 g/mol. The predicted molar refractivity (Wildman–Crippen MR) is 78.6 cm³/mol. The van der Waals surface area contributed by atoms with E-state index in [0.29, 0.717) is 13.1 Å². The Morgan fingerprint density at radius 3 is 2.42 bits per heavy atom. The first kappa shape index (κ1) is 16.4. The molecule has 108 valence electrons. The van der Waals surface area contributed by atoms with Crippen molar-refractivity contribution in [3.63, 3.8) is 0 Å². The molecule has 19 heavy (non-hydrogen) atoms. The zero-order valence-electron chi connectivity index (χ0n) is 11.5. The summed E-state index contributed by atoms with van der Waals surface area (Å²) in [6, 6.07) is 4.74. The molecule has 1 rings (SSSR count). The highest BCUT2D eigenvalue weighted by Gasteiger charge is 2.19. The quantitative estimate of drug-likeness (QED) is 0.878. The highest BCUT2D eigenvalue weighted by molar-refractivity contribution is 7.89. The Hall–Kier alpha value is -0.620. The number of halogens is 1. The van der Waals surface area contributed by atoms with Gasteiger partial charge < -0.3 is 5.73 Å². The Morgan fingerprint density at radius 1 is 1.32 bits per heavy atom. The molecule has 0 amide bonds. The van der Waals surface area contributed by atoms with Crippen molar-refractivity contribution in [1.82, 2.24) is 4.72 Å². The first-order chi connectivity index (χ1) is 8.65. The lowest BCUT2D eigenvalue weighted by atomic mass is 9.93. The fourth-order valence-electron chi connectivity index (χ4n) is 1.53. The molecule has 0 bridgehead atoms. The molecule has 6 heteroatoms. The summed E-state index contributed by atoms with van der Waals surface area (Å²) in [5, 5.41) is 0.200. The van der Waals surface area contributed by atoms with E-state index < -0.39 is 10.0 Å². The fourth-order valence-corrected chi connectivity index (χ4v) is 3.12. The van der Waals surface area contributed by atoms with Gasteiger partial charge >= 0.3 is 0 Å². The molecule has 0 spiro atoms. The minimum absolute atomic E-state index is 0.0791.